The minimum atomic E-state index is -3.57. The van der Waals surface area contributed by atoms with Crippen molar-refractivity contribution in [3.05, 3.63) is 28.8 Å². The topological polar surface area (TPSA) is 57.7 Å². The van der Waals surface area contributed by atoms with Gasteiger partial charge in [0, 0.05) is 31.7 Å². The van der Waals surface area contributed by atoms with Crippen molar-refractivity contribution in [2.75, 3.05) is 26.2 Å². The third-order valence-corrected chi connectivity index (χ3v) is 7.30. The predicted octanol–water partition coefficient (Wildman–Crippen LogP) is 3.21. The zero-order chi connectivity index (χ0) is 18.8. The molecule has 0 radical (unpaired) electrons. The van der Waals surface area contributed by atoms with Gasteiger partial charge in [-0.1, -0.05) is 6.92 Å². The third-order valence-electron chi connectivity index (χ3n) is 5.28. The van der Waals surface area contributed by atoms with E-state index < -0.39 is 10.0 Å². The number of aryl methyl sites for hydroxylation is 1. The first-order chi connectivity index (χ1) is 11.7. The van der Waals surface area contributed by atoms with Crippen molar-refractivity contribution in [2.45, 2.75) is 52.4 Å². The molecule has 0 saturated carbocycles. The summed E-state index contributed by atoms with van der Waals surface area (Å²) < 4.78 is 27.9. The van der Waals surface area contributed by atoms with Gasteiger partial charge in [0.1, 0.15) is 0 Å². The fraction of sp³-hybridized carbons (Fsp3) is 0.632. The number of hydrogen-bond acceptors (Lipinski definition) is 3. The molecule has 1 aliphatic rings. The second-order valence-electron chi connectivity index (χ2n) is 6.98. The number of sulfonamides is 1. The summed E-state index contributed by atoms with van der Waals surface area (Å²) in [5.41, 5.74) is 2.02. The lowest BCUT2D eigenvalue weighted by Gasteiger charge is -2.30. The molecule has 0 unspecified atom stereocenters. The number of carbonyl (C=O) groups is 1. The first-order valence-electron chi connectivity index (χ1n) is 9.13. The van der Waals surface area contributed by atoms with Crippen molar-refractivity contribution in [3.8, 4) is 0 Å². The molecule has 0 spiro atoms. The Morgan fingerprint density at radius 2 is 1.72 bits per heavy atom. The van der Waals surface area contributed by atoms with Gasteiger partial charge in [-0.15, -0.1) is 0 Å². The van der Waals surface area contributed by atoms with E-state index in [2.05, 4.69) is 6.92 Å². The van der Waals surface area contributed by atoms with Crippen molar-refractivity contribution < 1.29 is 13.2 Å². The van der Waals surface area contributed by atoms with Crippen LogP contribution in [0.1, 0.15) is 55.1 Å². The molecule has 6 heteroatoms. The maximum atomic E-state index is 13.2. The highest BCUT2D eigenvalue weighted by Gasteiger charge is 2.30. The van der Waals surface area contributed by atoms with E-state index in [0.717, 1.165) is 24.0 Å². The van der Waals surface area contributed by atoms with Crippen LogP contribution in [-0.2, 0) is 10.0 Å². The lowest BCUT2D eigenvalue weighted by Crippen LogP contribution is -2.38. The molecule has 1 aromatic rings. The first-order valence-corrected chi connectivity index (χ1v) is 10.6. The van der Waals surface area contributed by atoms with E-state index in [-0.39, 0.29) is 10.8 Å². The van der Waals surface area contributed by atoms with Gasteiger partial charge in [-0.2, -0.15) is 4.31 Å². The Bertz CT molecular complexity index is 731. The van der Waals surface area contributed by atoms with Crippen LogP contribution in [0.5, 0.6) is 0 Å². The predicted molar refractivity (Wildman–Crippen MR) is 100 cm³/mol. The van der Waals surface area contributed by atoms with Gasteiger partial charge in [0.25, 0.3) is 5.91 Å². The Morgan fingerprint density at radius 3 is 2.24 bits per heavy atom. The highest BCUT2D eigenvalue weighted by Crippen LogP contribution is 2.28. The minimum absolute atomic E-state index is 0.114. The van der Waals surface area contributed by atoms with E-state index in [1.54, 1.807) is 21.3 Å². The smallest absolute Gasteiger partial charge is 0.253 e. The number of amides is 1. The van der Waals surface area contributed by atoms with Crippen LogP contribution >= 0.6 is 0 Å². The molecular formula is C19H30N2O3S. The third kappa shape index (κ3) is 4.06. The molecule has 0 aliphatic carbocycles. The van der Waals surface area contributed by atoms with Crippen LogP contribution in [0.15, 0.2) is 17.0 Å². The standard InChI is InChI=1S/C19H30N2O3S/c1-6-20(7-2)19(22)17-12-15(4)16(5)18(13-17)25(23,24)21-10-8-14(3)9-11-21/h12-14H,6-11H2,1-5H3. The summed E-state index contributed by atoms with van der Waals surface area (Å²) in [7, 11) is -3.57. The lowest BCUT2D eigenvalue weighted by atomic mass is 10.0. The molecule has 1 aromatic carbocycles. The number of rotatable bonds is 5. The van der Waals surface area contributed by atoms with Crippen LogP contribution in [0, 0.1) is 19.8 Å². The molecule has 1 heterocycles. The molecule has 1 fully saturated rings. The molecule has 1 aliphatic heterocycles. The van der Waals surface area contributed by atoms with Crippen LogP contribution in [-0.4, -0.2) is 49.7 Å². The Balaban J connectivity index is 2.45. The van der Waals surface area contributed by atoms with Crippen LogP contribution in [0.2, 0.25) is 0 Å². The van der Waals surface area contributed by atoms with Gasteiger partial charge < -0.3 is 4.90 Å². The second-order valence-corrected chi connectivity index (χ2v) is 8.89. The number of benzene rings is 1. The quantitative estimate of drug-likeness (QED) is 0.804. The molecule has 0 bridgehead atoms. The number of carbonyl (C=O) groups excluding carboxylic acids is 1. The molecule has 1 amide bonds. The van der Waals surface area contributed by atoms with Gasteiger partial charge in [-0.25, -0.2) is 8.42 Å². The monoisotopic (exact) mass is 366 g/mol. The summed E-state index contributed by atoms with van der Waals surface area (Å²) in [5.74, 6) is 0.446. The van der Waals surface area contributed by atoms with E-state index >= 15 is 0 Å². The molecular weight excluding hydrogens is 336 g/mol. The molecule has 1 saturated heterocycles. The Labute approximate surface area is 152 Å². The SMILES string of the molecule is CCN(CC)C(=O)c1cc(C)c(C)c(S(=O)(=O)N2CCC(C)CC2)c1. The molecule has 5 nitrogen and oxygen atoms in total. The van der Waals surface area contributed by atoms with Gasteiger partial charge in [0.2, 0.25) is 10.0 Å². The summed E-state index contributed by atoms with van der Waals surface area (Å²) in [6.07, 6.45) is 1.77. The molecule has 2 rings (SSSR count). The maximum absolute atomic E-state index is 13.2. The van der Waals surface area contributed by atoms with Gasteiger partial charge in [0.05, 0.1) is 4.90 Å². The summed E-state index contributed by atoms with van der Waals surface area (Å²) in [4.78, 5) is 14.7. The average Bonchev–Trinajstić information content (AvgIpc) is 2.58. The van der Waals surface area contributed by atoms with Crippen LogP contribution in [0.3, 0.4) is 0 Å². The highest BCUT2D eigenvalue weighted by molar-refractivity contribution is 7.89. The Hall–Kier alpha value is -1.40. The van der Waals surface area contributed by atoms with E-state index in [9.17, 15) is 13.2 Å². The minimum Gasteiger partial charge on any atom is -0.339 e. The number of nitrogens with zero attached hydrogens (tertiary/aromatic N) is 2. The zero-order valence-electron chi connectivity index (χ0n) is 16.0. The summed E-state index contributed by atoms with van der Waals surface area (Å²) >= 11 is 0. The fourth-order valence-corrected chi connectivity index (χ4v) is 5.07. The molecule has 0 atom stereocenters. The van der Waals surface area contributed by atoms with Crippen molar-refractivity contribution in [1.82, 2.24) is 9.21 Å². The van der Waals surface area contributed by atoms with Crippen molar-refractivity contribution in [2.24, 2.45) is 5.92 Å². The van der Waals surface area contributed by atoms with Crippen LogP contribution in [0.4, 0.5) is 0 Å². The number of piperidine rings is 1. The maximum Gasteiger partial charge on any atom is 0.253 e. The lowest BCUT2D eigenvalue weighted by molar-refractivity contribution is 0.0772. The van der Waals surface area contributed by atoms with E-state index in [1.165, 1.54) is 0 Å². The Kier molecular flexibility index (Phi) is 6.27. The zero-order valence-corrected chi connectivity index (χ0v) is 16.8. The van der Waals surface area contributed by atoms with Crippen molar-refractivity contribution in [3.63, 3.8) is 0 Å². The van der Waals surface area contributed by atoms with Crippen molar-refractivity contribution in [1.29, 1.82) is 0 Å². The Morgan fingerprint density at radius 1 is 1.16 bits per heavy atom. The van der Waals surface area contributed by atoms with Crippen molar-refractivity contribution >= 4 is 15.9 Å². The van der Waals surface area contributed by atoms with E-state index in [0.29, 0.717) is 37.7 Å². The van der Waals surface area contributed by atoms with Gasteiger partial charge in [-0.05, 0) is 69.7 Å². The van der Waals surface area contributed by atoms with Crippen LogP contribution in [0.25, 0.3) is 0 Å². The van der Waals surface area contributed by atoms with E-state index in [4.69, 9.17) is 0 Å². The van der Waals surface area contributed by atoms with E-state index in [1.807, 2.05) is 27.7 Å². The van der Waals surface area contributed by atoms with Gasteiger partial charge in [0.15, 0.2) is 0 Å². The normalized spacial score (nSPS) is 16.8. The first kappa shape index (κ1) is 19.9. The average molecular weight is 367 g/mol. The summed E-state index contributed by atoms with van der Waals surface area (Å²) in [6, 6.07) is 3.36. The second kappa shape index (κ2) is 7.87. The number of hydrogen-bond donors (Lipinski definition) is 0. The molecule has 0 N–H and O–H groups in total. The molecule has 0 aromatic heterocycles. The summed E-state index contributed by atoms with van der Waals surface area (Å²) in [6.45, 7) is 12.0. The largest absolute Gasteiger partial charge is 0.339 e. The van der Waals surface area contributed by atoms with Crippen LogP contribution < -0.4 is 0 Å². The van der Waals surface area contributed by atoms with Gasteiger partial charge in [-0.3, -0.25) is 4.79 Å². The summed E-state index contributed by atoms with van der Waals surface area (Å²) in [5, 5.41) is 0. The van der Waals surface area contributed by atoms with Gasteiger partial charge >= 0.3 is 0 Å². The molecule has 25 heavy (non-hydrogen) atoms. The molecule has 140 valence electrons. The highest BCUT2D eigenvalue weighted by atomic mass is 32.2. The fourth-order valence-electron chi connectivity index (χ4n) is 3.28.